The topological polar surface area (TPSA) is 193 Å². The van der Waals surface area contributed by atoms with Crippen molar-refractivity contribution in [3.05, 3.63) is 76.5 Å². The van der Waals surface area contributed by atoms with Crippen LogP contribution < -0.4 is 37.7 Å². The van der Waals surface area contributed by atoms with Gasteiger partial charge < -0.3 is 42.2 Å². The Morgan fingerprint density at radius 1 is 1.02 bits per heavy atom. The summed E-state index contributed by atoms with van der Waals surface area (Å²) in [6, 6.07) is 14.8. The van der Waals surface area contributed by atoms with E-state index in [9.17, 15) is 9.59 Å². The zero-order valence-corrected chi connectivity index (χ0v) is 27.4. The molecule has 0 bridgehead atoms. The smallest absolute Gasteiger partial charge is 0.319 e. The summed E-state index contributed by atoms with van der Waals surface area (Å²) < 4.78 is 5.51. The van der Waals surface area contributed by atoms with Crippen LogP contribution in [0.25, 0.3) is 11.1 Å². The summed E-state index contributed by atoms with van der Waals surface area (Å²) in [5.74, 6) is 1.41. The third-order valence-corrected chi connectivity index (χ3v) is 6.09. The van der Waals surface area contributed by atoms with Gasteiger partial charge in [-0.05, 0) is 57.0 Å². The van der Waals surface area contributed by atoms with Crippen LogP contribution in [0.5, 0.6) is 5.75 Å². The summed E-state index contributed by atoms with van der Waals surface area (Å²) in [5.41, 5.74) is 13.2. The Bertz CT molecular complexity index is 1420. The minimum absolute atomic E-state index is 0.0834. The van der Waals surface area contributed by atoms with E-state index in [1.807, 2.05) is 77.9 Å². The van der Waals surface area contributed by atoms with Gasteiger partial charge in [-0.1, -0.05) is 57.2 Å². The van der Waals surface area contributed by atoms with Crippen molar-refractivity contribution in [1.82, 2.24) is 20.6 Å². The lowest BCUT2D eigenvalue weighted by Gasteiger charge is -2.21. The number of urea groups is 1. The molecule has 0 aliphatic carbocycles. The first kappa shape index (κ1) is 36.8. The van der Waals surface area contributed by atoms with Crippen molar-refractivity contribution in [2.45, 2.75) is 71.9 Å². The van der Waals surface area contributed by atoms with E-state index in [1.165, 1.54) is 0 Å². The number of H-pyrrole nitrogens is 1. The van der Waals surface area contributed by atoms with Crippen molar-refractivity contribution in [3.8, 4) is 16.9 Å². The zero-order valence-electron chi connectivity index (χ0n) is 27.4. The quantitative estimate of drug-likeness (QED) is 0.0899. The second-order valence-electron chi connectivity index (χ2n) is 12.5. The van der Waals surface area contributed by atoms with E-state index in [2.05, 4.69) is 30.9 Å². The highest BCUT2D eigenvalue weighted by Crippen LogP contribution is 2.24. The molecule has 0 saturated heterocycles. The number of carbonyl (C=O) groups is 1. The van der Waals surface area contributed by atoms with Crippen LogP contribution in [0.4, 0.5) is 10.5 Å². The van der Waals surface area contributed by atoms with Crippen LogP contribution in [0.3, 0.4) is 0 Å². The van der Waals surface area contributed by atoms with Gasteiger partial charge in [0, 0.05) is 43.3 Å². The van der Waals surface area contributed by atoms with E-state index in [-0.39, 0.29) is 35.1 Å². The first-order chi connectivity index (χ1) is 21.2. The van der Waals surface area contributed by atoms with Crippen LogP contribution in [-0.2, 0) is 12.0 Å². The standard InChI is InChI=1S/C19H28N6O.C14H22N2O3/c1-19(2,3)17-24-12-15(16(26)25-17)14-7-5-13(6-8-14)11-22-9-4-10-23-18(20)21;1-14(2,3)16-13(18)15-11-7-4-5-8-12(11)19-10-6-9-17/h5-8,12,22H,4,9-11H2,1-3H3,(H4,20,21,23)(H,24,25,26);4-5,7-8,17H,6,9-10H2,1-3H3,(H2,15,16,18). The van der Waals surface area contributed by atoms with E-state index < -0.39 is 0 Å². The van der Waals surface area contributed by atoms with E-state index in [1.54, 1.807) is 18.3 Å². The molecular weight excluding hydrogens is 572 g/mol. The number of rotatable bonds is 12. The number of hydrogen-bond acceptors (Lipinski definition) is 7. The van der Waals surface area contributed by atoms with Crippen molar-refractivity contribution in [2.24, 2.45) is 16.5 Å². The van der Waals surface area contributed by atoms with E-state index in [0.717, 1.165) is 30.6 Å². The third-order valence-electron chi connectivity index (χ3n) is 6.09. The molecule has 1 heterocycles. The van der Waals surface area contributed by atoms with Gasteiger partial charge in [-0.15, -0.1) is 0 Å². The number of aliphatic hydroxyl groups excluding tert-OH is 1. The maximum absolute atomic E-state index is 12.4. The number of para-hydroxylation sites is 2. The van der Waals surface area contributed by atoms with Gasteiger partial charge in [-0.25, -0.2) is 9.78 Å². The molecule has 0 aliphatic rings. The average molecular weight is 623 g/mol. The molecule has 12 heteroatoms. The SMILES string of the molecule is CC(C)(C)NC(=O)Nc1ccccc1OCCCO.CC(C)(C)c1ncc(-c2ccc(CNCCCN=C(N)N)cc2)c(=O)[nH]1. The molecule has 2 aromatic carbocycles. The van der Waals surface area contributed by atoms with Gasteiger partial charge in [-0.3, -0.25) is 9.79 Å². The van der Waals surface area contributed by atoms with Crippen LogP contribution in [0.2, 0.25) is 0 Å². The predicted molar refractivity (Wildman–Crippen MR) is 182 cm³/mol. The molecule has 0 saturated carbocycles. The Hall–Kier alpha value is -4.42. The van der Waals surface area contributed by atoms with Crippen LogP contribution in [0.15, 0.2) is 64.5 Å². The minimum Gasteiger partial charge on any atom is -0.491 e. The number of aliphatic hydroxyl groups is 1. The molecule has 12 nitrogen and oxygen atoms in total. The number of anilines is 1. The summed E-state index contributed by atoms with van der Waals surface area (Å²) in [6.07, 6.45) is 3.08. The van der Waals surface area contributed by atoms with Crippen LogP contribution in [0, 0.1) is 0 Å². The number of hydrogen-bond donors (Lipinski definition) is 7. The Labute approximate surface area is 266 Å². The molecule has 2 amide bonds. The molecule has 9 N–H and O–H groups in total. The number of nitrogens with two attached hydrogens (primary N) is 2. The van der Waals surface area contributed by atoms with Crippen molar-refractivity contribution in [2.75, 3.05) is 31.6 Å². The fraction of sp³-hybridized carbons (Fsp3) is 0.455. The summed E-state index contributed by atoms with van der Waals surface area (Å²) in [7, 11) is 0. The summed E-state index contributed by atoms with van der Waals surface area (Å²) in [6.45, 7) is 14.5. The third kappa shape index (κ3) is 14.3. The lowest BCUT2D eigenvalue weighted by atomic mass is 9.95. The van der Waals surface area contributed by atoms with Crippen molar-refractivity contribution in [1.29, 1.82) is 0 Å². The summed E-state index contributed by atoms with van der Waals surface area (Å²) >= 11 is 0. The fourth-order valence-electron chi connectivity index (χ4n) is 3.87. The largest absolute Gasteiger partial charge is 0.491 e. The number of amides is 2. The van der Waals surface area contributed by atoms with Crippen molar-refractivity contribution < 1.29 is 14.6 Å². The number of aliphatic imine (C=N–C) groups is 1. The van der Waals surface area contributed by atoms with Gasteiger partial charge in [-0.2, -0.15) is 0 Å². The molecule has 0 spiro atoms. The number of guanidine groups is 1. The van der Waals surface area contributed by atoms with Crippen molar-refractivity contribution >= 4 is 17.7 Å². The highest BCUT2D eigenvalue weighted by Gasteiger charge is 2.18. The number of nitrogens with zero attached hydrogens (tertiary/aromatic N) is 2. The van der Waals surface area contributed by atoms with Gasteiger partial charge in [0.25, 0.3) is 5.56 Å². The molecule has 3 rings (SSSR count). The fourth-order valence-corrected chi connectivity index (χ4v) is 3.87. The molecule has 45 heavy (non-hydrogen) atoms. The first-order valence-corrected chi connectivity index (χ1v) is 15.1. The molecule has 0 aliphatic heterocycles. The molecule has 0 radical (unpaired) electrons. The average Bonchev–Trinajstić information content (AvgIpc) is 2.95. The lowest BCUT2D eigenvalue weighted by molar-refractivity contribution is 0.233. The number of aromatic nitrogens is 2. The molecule has 1 aromatic heterocycles. The predicted octanol–water partition coefficient (Wildman–Crippen LogP) is 3.86. The number of ether oxygens (including phenoxy) is 1. The minimum atomic E-state index is -0.295. The maximum atomic E-state index is 12.4. The molecule has 3 aromatic rings. The van der Waals surface area contributed by atoms with Crippen LogP contribution >= 0.6 is 0 Å². The van der Waals surface area contributed by atoms with Gasteiger partial charge >= 0.3 is 6.03 Å². The van der Waals surface area contributed by atoms with E-state index >= 15 is 0 Å². The Morgan fingerprint density at radius 2 is 1.71 bits per heavy atom. The highest BCUT2D eigenvalue weighted by atomic mass is 16.5. The summed E-state index contributed by atoms with van der Waals surface area (Å²) in [4.78, 5) is 35.4. The van der Waals surface area contributed by atoms with Gasteiger partial charge in [0.15, 0.2) is 5.96 Å². The number of aromatic amines is 1. The molecule has 0 fully saturated rings. The second-order valence-corrected chi connectivity index (χ2v) is 12.5. The molecule has 246 valence electrons. The zero-order chi connectivity index (χ0) is 33.5. The number of nitrogens with one attached hydrogen (secondary N) is 4. The monoisotopic (exact) mass is 622 g/mol. The number of carbonyl (C=O) groups excluding carboxylic acids is 1. The van der Waals surface area contributed by atoms with Crippen LogP contribution in [-0.4, -0.2) is 58.9 Å². The molecule has 0 unspecified atom stereocenters. The number of benzene rings is 2. The van der Waals surface area contributed by atoms with Gasteiger partial charge in [0.2, 0.25) is 0 Å². The van der Waals surface area contributed by atoms with Gasteiger partial charge in [0.05, 0.1) is 17.9 Å². The normalized spacial score (nSPS) is 11.2. The van der Waals surface area contributed by atoms with Crippen molar-refractivity contribution in [3.63, 3.8) is 0 Å². The van der Waals surface area contributed by atoms with E-state index in [0.29, 0.717) is 42.4 Å². The Balaban J connectivity index is 0.000000330. The Kier molecular flexibility index (Phi) is 14.5. The second kappa shape index (κ2) is 17.8. The maximum Gasteiger partial charge on any atom is 0.319 e. The van der Waals surface area contributed by atoms with E-state index in [4.69, 9.17) is 21.3 Å². The first-order valence-electron chi connectivity index (χ1n) is 15.1. The Morgan fingerprint density at radius 3 is 2.31 bits per heavy atom. The summed E-state index contributed by atoms with van der Waals surface area (Å²) in [5, 5.41) is 17.6. The van der Waals surface area contributed by atoms with Gasteiger partial charge in [0.1, 0.15) is 11.6 Å². The lowest BCUT2D eigenvalue weighted by Crippen LogP contribution is -2.43. The molecule has 0 atom stereocenters. The highest BCUT2D eigenvalue weighted by molar-refractivity contribution is 5.91. The van der Waals surface area contributed by atoms with Crippen LogP contribution in [0.1, 0.15) is 65.8 Å². The molecular formula is C33H50N8O4.